The average Bonchev–Trinajstić information content (AvgIpc) is 2.47. The molecule has 17 heavy (non-hydrogen) atoms. The van der Waals surface area contributed by atoms with E-state index in [4.69, 9.17) is 0 Å². The van der Waals surface area contributed by atoms with Gasteiger partial charge in [-0.25, -0.2) is 8.42 Å². The van der Waals surface area contributed by atoms with Gasteiger partial charge in [-0.3, -0.25) is 9.82 Å². The first kappa shape index (κ1) is 14.0. The first-order chi connectivity index (χ1) is 7.72. The van der Waals surface area contributed by atoms with Gasteiger partial charge in [0.05, 0.1) is 5.75 Å². The number of nitrogens with one attached hydrogen (secondary N) is 2. The molecule has 0 fully saturated rings. The van der Waals surface area contributed by atoms with Crippen LogP contribution in [0.25, 0.3) is 0 Å². The summed E-state index contributed by atoms with van der Waals surface area (Å²) in [6.45, 7) is 7.72. The quantitative estimate of drug-likeness (QED) is 0.850. The molecule has 6 heteroatoms. The zero-order valence-electron chi connectivity index (χ0n) is 10.9. The number of aromatic amines is 1. The smallest absolute Gasteiger partial charge is 0.234 e. The van der Waals surface area contributed by atoms with E-state index < -0.39 is 10.0 Å². The van der Waals surface area contributed by atoms with Gasteiger partial charge in [-0.05, 0) is 11.8 Å². The molecule has 0 aliphatic heterocycles. The summed E-state index contributed by atoms with van der Waals surface area (Å²) < 4.78 is 26.1. The Balaban J connectivity index is 2.70. The summed E-state index contributed by atoms with van der Waals surface area (Å²) >= 11 is 0. The van der Waals surface area contributed by atoms with Gasteiger partial charge in [0.2, 0.25) is 10.0 Å². The molecule has 1 aromatic rings. The van der Waals surface area contributed by atoms with Crippen LogP contribution in [0, 0.1) is 5.41 Å². The van der Waals surface area contributed by atoms with Crippen molar-refractivity contribution in [2.45, 2.75) is 40.5 Å². The van der Waals surface area contributed by atoms with Crippen molar-refractivity contribution in [1.29, 1.82) is 0 Å². The molecule has 98 valence electrons. The third-order valence-corrected chi connectivity index (χ3v) is 3.80. The number of nitrogens with zero attached hydrogens (tertiary/aromatic N) is 1. The number of aromatic nitrogens is 2. The van der Waals surface area contributed by atoms with Crippen LogP contribution in [0.2, 0.25) is 0 Å². The standard InChI is InChI=1S/C11H21N3O2S/c1-5-6-9-7-10(13-12-9)14-17(15,16)8-11(2,3)4/h7H,5-6,8H2,1-4H3,(H2,12,13,14). The number of rotatable bonds is 5. The van der Waals surface area contributed by atoms with E-state index >= 15 is 0 Å². The summed E-state index contributed by atoms with van der Waals surface area (Å²) in [5, 5.41) is 6.75. The molecule has 0 radical (unpaired) electrons. The fourth-order valence-corrected chi connectivity index (χ4v) is 3.21. The maximum absolute atomic E-state index is 11.8. The van der Waals surface area contributed by atoms with Gasteiger partial charge in [0, 0.05) is 11.8 Å². The van der Waals surface area contributed by atoms with E-state index in [-0.39, 0.29) is 11.2 Å². The van der Waals surface area contributed by atoms with Crippen molar-refractivity contribution in [3.63, 3.8) is 0 Å². The summed E-state index contributed by atoms with van der Waals surface area (Å²) in [7, 11) is -3.33. The highest BCUT2D eigenvalue weighted by Gasteiger charge is 2.22. The number of H-pyrrole nitrogens is 1. The van der Waals surface area contributed by atoms with Crippen LogP contribution in [0.1, 0.15) is 39.8 Å². The topological polar surface area (TPSA) is 74.8 Å². The molecular weight excluding hydrogens is 238 g/mol. The molecule has 5 nitrogen and oxygen atoms in total. The number of aryl methyl sites for hydroxylation is 1. The summed E-state index contributed by atoms with van der Waals surface area (Å²) in [5.74, 6) is 0.452. The summed E-state index contributed by atoms with van der Waals surface area (Å²) in [6, 6.07) is 1.74. The third-order valence-electron chi connectivity index (χ3n) is 2.03. The zero-order valence-corrected chi connectivity index (χ0v) is 11.7. The van der Waals surface area contributed by atoms with E-state index in [1.54, 1.807) is 6.07 Å². The molecule has 0 aromatic carbocycles. The number of sulfonamides is 1. The Hall–Kier alpha value is -1.04. The van der Waals surface area contributed by atoms with Gasteiger partial charge in [0.15, 0.2) is 5.82 Å². The minimum absolute atomic E-state index is 0.0793. The lowest BCUT2D eigenvalue weighted by atomic mass is 10.0. The lowest BCUT2D eigenvalue weighted by Crippen LogP contribution is -2.26. The van der Waals surface area contributed by atoms with Gasteiger partial charge in [-0.2, -0.15) is 5.10 Å². The highest BCUT2D eigenvalue weighted by Crippen LogP contribution is 2.18. The maximum atomic E-state index is 11.8. The minimum Gasteiger partial charge on any atom is -0.280 e. The normalized spacial score (nSPS) is 12.7. The molecular formula is C11H21N3O2S. The molecule has 0 spiro atoms. The van der Waals surface area contributed by atoms with Crippen LogP contribution in [0.5, 0.6) is 0 Å². The first-order valence-corrected chi connectivity index (χ1v) is 7.42. The van der Waals surface area contributed by atoms with Crippen molar-refractivity contribution in [2.75, 3.05) is 10.5 Å². The van der Waals surface area contributed by atoms with Crippen LogP contribution in [0.3, 0.4) is 0 Å². The van der Waals surface area contributed by atoms with E-state index in [9.17, 15) is 8.42 Å². The summed E-state index contributed by atoms with van der Waals surface area (Å²) in [5.41, 5.74) is 0.676. The molecule has 1 aromatic heterocycles. The molecule has 0 saturated carbocycles. The van der Waals surface area contributed by atoms with Crippen molar-refractivity contribution in [1.82, 2.24) is 10.2 Å². The second-order valence-electron chi connectivity index (χ2n) is 5.45. The van der Waals surface area contributed by atoms with Gasteiger partial charge >= 0.3 is 0 Å². The Morgan fingerprint density at radius 1 is 1.41 bits per heavy atom. The van der Waals surface area contributed by atoms with Crippen LogP contribution >= 0.6 is 0 Å². The monoisotopic (exact) mass is 259 g/mol. The Morgan fingerprint density at radius 2 is 2.06 bits per heavy atom. The molecule has 0 amide bonds. The average molecular weight is 259 g/mol. The van der Waals surface area contributed by atoms with Crippen LogP contribution in [-0.4, -0.2) is 24.4 Å². The predicted octanol–water partition coefficient (Wildman–Crippen LogP) is 2.15. The summed E-state index contributed by atoms with van der Waals surface area (Å²) in [6.07, 6.45) is 1.87. The van der Waals surface area contributed by atoms with Gasteiger partial charge in [0.25, 0.3) is 0 Å². The maximum Gasteiger partial charge on any atom is 0.234 e. The fraction of sp³-hybridized carbons (Fsp3) is 0.727. The van der Waals surface area contributed by atoms with Crippen LogP contribution < -0.4 is 4.72 Å². The van der Waals surface area contributed by atoms with Gasteiger partial charge in [0.1, 0.15) is 0 Å². The van der Waals surface area contributed by atoms with E-state index in [0.717, 1.165) is 18.5 Å². The van der Waals surface area contributed by atoms with Crippen LogP contribution in [0.4, 0.5) is 5.82 Å². The molecule has 1 rings (SSSR count). The highest BCUT2D eigenvalue weighted by atomic mass is 32.2. The molecule has 2 N–H and O–H groups in total. The molecule has 0 bridgehead atoms. The van der Waals surface area contributed by atoms with Gasteiger partial charge in [-0.15, -0.1) is 0 Å². The molecule has 0 saturated heterocycles. The minimum atomic E-state index is -3.33. The molecule has 0 aliphatic carbocycles. The second-order valence-corrected chi connectivity index (χ2v) is 7.17. The lowest BCUT2D eigenvalue weighted by molar-refractivity contribution is 0.463. The number of hydrogen-bond donors (Lipinski definition) is 2. The van der Waals surface area contributed by atoms with Crippen molar-refractivity contribution in [2.24, 2.45) is 5.41 Å². The Labute approximate surface area is 103 Å². The van der Waals surface area contributed by atoms with E-state index in [1.807, 2.05) is 20.8 Å². The first-order valence-electron chi connectivity index (χ1n) is 5.76. The van der Waals surface area contributed by atoms with Gasteiger partial charge < -0.3 is 0 Å². The highest BCUT2D eigenvalue weighted by molar-refractivity contribution is 7.92. The molecule has 1 heterocycles. The third kappa shape index (κ3) is 5.21. The van der Waals surface area contributed by atoms with Crippen molar-refractivity contribution in [3.8, 4) is 0 Å². The van der Waals surface area contributed by atoms with E-state index in [2.05, 4.69) is 21.8 Å². The Morgan fingerprint density at radius 3 is 2.59 bits per heavy atom. The van der Waals surface area contributed by atoms with Gasteiger partial charge in [-0.1, -0.05) is 34.1 Å². The van der Waals surface area contributed by atoms with Crippen LogP contribution in [0.15, 0.2) is 6.07 Å². The molecule has 0 unspecified atom stereocenters. The number of anilines is 1. The lowest BCUT2D eigenvalue weighted by Gasteiger charge is -2.17. The van der Waals surface area contributed by atoms with E-state index in [0.29, 0.717) is 5.82 Å². The Kier molecular flexibility index (Phi) is 4.19. The molecule has 0 atom stereocenters. The summed E-state index contributed by atoms with van der Waals surface area (Å²) in [4.78, 5) is 0. The second kappa shape index (κ2) is 5.08. The zero-order chi connectivity index (χ0) is 13.1. The van der Waals surface area contributed by atoms with Crippen molar-refractivity contribution >= 4 is 15.8 Å². The van der Waals surface area contributed by atoms with Crippen LogP contribution in [-0.2, 0) is 16.4 Å². The van der Waals surface area contributed by atoms with Crippen molar-refractivity contribution < 1.29 is 8.42 Å². The van der Waals surface area contributed by atoms with E-state index in [1.165, 1.54) is 0 Å². The predicted molar refractivity (Wildman–Crippen MR) is 69.4 cm³/mol. The van der Waals surface area contributed by atoms with Crippen molar-refractivity contribution in [3.05, 3.63) is 11.8 Å². The Bertz CT molecular complexity index is 457. The fourth-order valence-electron chi connectivity index (χ4n) is 1.58. The SMILES string of the molecule is CCCc1cc(NS(=O)(=O)CC(C)(C)C)n[nH]1. The molecule has 0 aliphatic rings. The largest absolute Gasteiger partial charge is 0.280 e. The number of hydrogen-bond acceptors (Lipinski definition) is 3.